The Morgan fingerprint density at radius 3 is 3.25 bits per heavy atom. The zero-order valence-corrected chi connectivity index (χ0v) is 6.42. The van der Waals surface area contributed by atoms with E-state index in [9.17, 15) is 4.39 Å². The molecule has 0 atom stereocenters. The molecule has 0 fully saturated rings. The van der Waals surface area contributed by atoms with E-state index >= 15 is 0 Å². The van der Waals surface area contributed by atoms with Crippen molar-refractivity contribution in [3.63, 3.8) is 0 Å². The molecule has 2 rings (SSSR count). The van der Waals surface area contributed by atoms with Crippen molar-refractivity contribution in [2.45, 2.75) is 6.67 Å². The lowest BCUT2D eigenvalue weighted by atomic mass is 10.2. The van der Waals surface area contributed by atoms with Crippen LogP contribution in [-0.4, -0.2) is 4.98 Å². The molecule has 0 aliphatic heterocycles. The van der Waals surface area contributed by atoms with Crippen molar-refractivity contribution in [2.24, 2.45) is 0 Å². The lowest BCUT2D eigenvalue weighted by Gasteiger charge is -1.97. The Kier molecular flexibility index (Phi) is 1.74. The van der Waals surface area contributed by atoms with Gasteiger partial charge in [0.15, 0.2) is 0 Å². The molecular formula is C10H7FN. The van der Waals surface area contributed by atoms with E-state index < -0.39 is 6.67 Å². The van der Waals surface area contributed by atoms with Crippen LogP contribution in [-0.2, 0) is 6.67 Å². The van der Waals surface area contributed by atoms with Gasteiger partial charge in [0.05, 0.1) is 5.52 Å². The first-order chi connectivity index (χ1) is 5.90. The first kappa shape index (κ1) is 7.22. The second kappa shape index (κ2) is 2.89. The van der Waals surface area contributed by atoms with Gasteiger partial charge >= 0.3 is 0 Å². The Hall–Kier alpha value is -1.44. The van der Waals surface area contributed by atoms with E-state index in [4.69, 9.17) is 0 Å². The molecule has 0 spiro atoms. The predicted octanol–water partition coefficient (Wildman–Crippen LogP) is 2.50. The van der Waals surface area contributed by atoms with Crippen molar-refractivity contribution in [1.82, 2.24) is 4.98 Å². The number of aromatic nitrogens is 1. The van der Waals surface area contributed by atoms with Crippen LogP contribution in [0.4, 0.5) is 4.39 Å². The van der Waals surface area contributed by atoms with E-state index in [1.54, 1.807) is 18.3 Å². The zero-order chi connectivity index (χ0) is 8.39. The molecule has 0 unspecified atom stereocenters. The molecule has 2 heteroatoms. The van der Waals surface area contributed by atoms with Crippen molar-refractivity contribution in [3.05, 3.63) is 42.1 Å². The van der Waals surface area contributed by atoms with Gasteiger partial charge in [-0.25, -0.2) is 4.39 Å². The fraction of sp³-hybridized carbons (Fsp3) is 0.100. The molecule has 2 aromatic rings. The van der Waals surface area contributed by atoms with Gasteiger partial charge in [-0.15, -0.1) is 0 Å². The number of rotatable bonds is 1. The molecule has 0 N–H and O–H groups in total. The third-order valence-electron chi connectivity index (χ3n) is 1.74. The van der Waals surface area contributed by atoms with Crippen LogP contribution < -0.4 is 0 Å². The van der Waals surface area contributed by atoms with Gasteiger partial charge < -0.3 is 0 Å². The maximum Gasteiger partial charge on any atom is 0.116 e. The standard InChI is InChI=1S/C10H7FN/c11-6-8-5-9-3-1-2-4-10(9)12-7-8/h2-5,7H,6H2. The SMILES string of the molecule is FCc1cnc2cc[c]cc2c1. The van der Waals surface area contributed by atoms with Crippen LogP contribution in [0.1, 0.15) is 5.56 Å². The van der Waals surface area contributed by atoms with E-state index in [0.29, 0.717) is 5.56 Å². The highest BCUT2D eigenvalue weighted by Gasteiger charge is 1.95. The van der Waals surface area contributed by atoms with Crippen molar-refractivity contribution in [1.29, 1.82) is 0 Å². The van der Waals surface area contributed by atoms with Crippen LogP contribution in [0.25, 0.3) is 10.9 Å². The average molecular weight is 160 g/mol. The van der Waals surface area contributed by atoms with Crippen molar-refractivity contribution in [2.75, 3.05) is 0 Å². The molecule has 0 aliphatic rings. The summed E-state index contributed by atoms with van der Waals surface area (Å²) in [5, 5.41) is 0.938. The monoisotopic (exact) mass is 160 g/mol. The summed E-state index contributed by atoms with van der Waals surface area (Å²) in [6.07, 6.45) is 1.56. The number of pyridine rings is 1. The predicted molar refractivity (Wildman–Crippen MR) is 45.4 cm³/mol. The summed E-state index contributed by atoms with van der Waals surface area (Å²) in [7, 11) is 0. The van der Waals surface area contributed by atoms with Crippen molar-refractivity contribution < 1.29 is 4.39 Å². The third-order valence-corrected chi connectivity index (χ3v) is 1.74. The Labute approximate surface area is 69.9 Å². The number of hydrogen-bond acceptors (Lipinski definition) is 1. The van der Waals surface area contributed by atoms with E-state index in [0.717, 1.165) is 10.9 Å². The summed E-state index contributed by atoms with van der Waals surface area (Å²) in [5.41, 5.74) is 1.49. The number of fused-ring (bicyclic) bond motifs is 1. The Morgan fingerprint density at radius 2 is 2.42 bits per heavy atom. The van der Waals surface area contributed by atoms with Gasteiger partial charge in [-0.1, -0.05) is 6.07 Å². The van der Waals surface area contributed by atoms with Crippen molar-refractivity contribution >= 4 is 10.9 Å². The summed E-state index contributed by atoms with van der Waals surface area (Å²) >= 11 is 0. The van der Waals surface area contributed by atoms with Crippen LogP contribution in [0.5, 0.6) is 0 Å². The van der Waals surface area contributed by atoms with Crippen molar-refractivity contribution in [3.8, 4) is 0 Å². The Balaban J connectivity index is 2.67. The minimum Gasteiger partial charge on any atom is -0.256 e. The number of alkyl halides is 1. The van der Waals surface area contributed by atoms with Crippen LogP contribution >= 0.6 is 0 Å². The summed E-state index contributed by atoms with van der Waals surface area (Å²) < 4.78 is 12.2. The zero-order valence-electron chi connectivity index (χ0n) is 6.42. The molecule has 0 saturated carbocycles. The van der Waals surface area contributed by atoms with Gasteiger partial charge in [0.25, 0.3) is 0 Å². The maximum absolute atomic E-state index is 12.2. The Morgan fingerprint density at radius 1 is 1.50 bits per heavy atom. The lowest BCUT2D eigenvalue weighted by molar-refractivity contribution is 0.485. The van der Waals surface area contributed by atoms with Crippen LogP contribution in [0.2, 0.25) is 0 Å². The molecular weight excluding hydrogens is 153 g/mol. The van der Waals surface area contributed by atoms with Gasteiger partial charge in [0.1, 0.15) is 6.67 Å². The highest BCUT2D eigenvalue weighted by molar-refractivity contribution is 5.78. The molecule has 1 aromatic carbocycles. The third kappa shape index (κ3) is 1.16. The topological polar surface area (TPSA) is 12.9 Å². The summed E-state index contributed by atoms with van der Waals surface area (Å²) in [5.74, 6) is 0. The normalized spacial score (nSPS) is 10.4. The van der Waals surface area contributed by atoms with Gasteiger partial charge in [-0.3, -0.25) is 4.98 Å². The van der Waals surface area contributed by atoms with E-state index in [1.807, 2.05) is 12.1 Å². The molecule has 1 nitrogen and oxygen atoms in total. The summed E-state index contributed by atoms with van der Waals surface area (Å²) in [6.45, 7) is -0.460. The molecule has 0 bridgehead atoms. The molecule has 0 amide bonds. The molecule has 0 aliphatic carbocycles. The smallest absolute Gasteiger partial charge is 0.116 e. The number of benzene rings is 1. The van der Waals surface area contributed by atoms with Crippen LogP contribution in [0.3, 0.4) is 0 Å². The molecule has 1 radical (unpaired) electrons. The minimum atomic E-state index is -0.460. The summed E-state index contributed by atoms with van der Waals surface area (Å²) in [4.78, 5) is 4.09. The van der Waals surface area contributed by atoms with Gasteiger partial charge in [0, 0.05) is 17.1 Å². The van der Waals surface area contributed by atoms with E-state index in [-0.39, 0.29) is 0 Å². The molecule has 12 heavy (non-hydrogen) atoms. The fourth-order valence-corrected chi connectivity index (χ4v) is 1.13. The molecule has 59 valence electrons. The number of hydrogen-bond donors (Lipinski definition) is 0. The molecule has 1 aromatic heterocycles. The molecule has 0 saturated heterocycles. The first-order valence-corrected chi connectivity index (χ1v) is 3.71. The highest BCUT2D eigenvalue weighted by Crippen LogP contribution is 2.12. The fourth-order valence-electron chi connectivity index (χ4n) is 1.13. The maximum atomic E-state index is 12.2. The highest BCUT2D eigenvalue weighted by atomic mass is 19.1. The average Bonchev–Trinajstić information content (AvgIpc) is 2.17. The number of halogens is 1. The lowest BCUT2D eigenvalue weighted by Crippen LogP contribution is -1.82. The van der Waals surface area contributed by atoms with Gasteiger partial charge in [-0.2, -0.15) is 0 Å². The Bertz CT molecular complexity index is 398. The van der Waals surface area contributed by atoms with E-state index in [2.05, 4.69) is 11.1 Å². The second-order valence-electron chi connectivity index (χ2n) is 2.60. The van der Waals surface area contributed by atoms with Gasteiger partial charge in [-0.05, 0) is 24.3 Å². The van der Waals surface area contributed by atoms with Crippen LogP contribution in [0.15, 0.2) is 30.5 Å². The van der Waals surface area contributed by atoms with E-state index in [1.165, 1.54) is 0 Å². The molecule has 1 heterocycles. The second-order valence-corrected chi connectivity index (χ2v) is 2.60. The summed E-state index contributed by atoms with van der Waals surface area (Å²) in [6, 6.07) is 10.2. The largest absolute Gasteiger partial charge is 0.256 e. The number of nitrogens with zero attached hydrogens (tertiary/aromatic N) is 1. The van der Waals surface area contributed by atoms with Crippen LogP contribution in [0, 0.1) is 6.07 Å². The quantitative estimate of drug-likeness (QED) is 0.624. The first-order valence-electron chi connectivity index (χ1n) is 3.71. The minimum absolute atomic E-state index is 0.460. The van der Waals surface area contributed by atoms with Gasteiger partial charge in [0.2, 0.25) is 0 Å².